The van der Waals surface area contributed by atoms with Crippen LogP contribution in [0.15, 0.2) is 18.2 Å². The van der Waals surface area contributed by atoms with E-state index in [-0.39, 0.29) is 6.04 Å². The highest BCUT2D eigenvalue weighted by atomic mass is 35.5. The van der Waals surface area contributed by atoms with Gasteiger partial charge in [-0.3, -0.25) is 0 Å². The third-order valence-electron chi connectivity index (χ3n) is 2.08. The van der Waals surface area contributed by atoms with E-state index in [9.17, 15) is 0 Å². The Labute approximate surface area is 94.4 Å². The lowest BCUT2D eigenvalue weighted by molar-refractivity contribution is 0.616. The highest BCUT2D eigenvalue weighted by Gasteiger charge is 2.07. The smallest absolute Gasteiger partial charge is 0.0595 e. The lowest BCUT2D eigenvalue weighted by Gasteiger charge is -2.12. The monoisotopic (exact) mass is 232 g/mol. The van der Waals surface area contributed by atoms with Crippen molar-refractivity contribution in [3.63, 3.8) is 0 Å². The first-order valence-corrected chi connectivity index (χ1v) is 5.26. The van der Waals surface area contributed by atoms with Crippen LogP contribution in [0.3, 0.4) is 0 Å². The van der Waals surface area contributed by atoms with Crippen LogP contribution in [0.1, 0.15) is 18.0 Å². The van der Waals surface area contributed by atoms with Crippen LogP contribution in [-0.2, 0) is 0 Å². The van der Waals surface area contributed by atoms with Crippen LogP contribution in [0, 0.1) is 0 Å². The van der Waals surface area contributed by atoms with E-state index in [0.29, 0.717) is 10.0 Å². The highest BCUT2D eigenvalue weighted by molar-refractivity contribution is 6.42. The predicted molar refractivity (Wildman–Crippen MR) is 61.9 cm³/mol. The normalized spacial score (nSPS) is 12.9. The Morgan fingerprint density at radius 2 is 2.07 bits per heavy atom. The van der Waals surface area contributed by atoms with Crippen LogP contribution in [0.4, 0.5) is 0 Å². The van der Waals surface area contributed by atoms with Gasteiger partial charge in [0.2, 0.25) is 0 Å². The molecule has 1 atom stereocenters. The number of hydrogen-bond donors (Lipinski definition) is 2. The van der Waals surface area contributed by atoms with Crippen LogP contribution in [0.5, 0.6) is 0 Å². The highest BCUT2D eigenvalue weighted by Crippen LogP contribution is 2.25. The van der Waals surface area contributed by atoms with Gasteiger partial charge in [0.25, 0.3) is 0 Å². The molecule has 2 nitrogen and oxygen atoms in total. The molecular formula is C10H14Cl2N2. The quantitative estimate of drug-likeness (QED) is 0.838. The molecule has 1 unspecified atom stereocenters. The van der Waals surface area contributed by atoms with E-state index in [1.165, 1.54) is 0 Å². The molecule has 3 N–H and O–H groups in total. The number of hydrogen-bond acceptors (Lipinski definition) is 2. The molecule has 0 aliphatic heterocycles. The Morgan fingerprint density at radius 1 is 1.36 bits per heavy atom. The molecule has 0 aromatic heterocycles. The van der Waals surface area contributed by atoms with Gasteiger partial charge in [-0.05, 0) is 37.7 Å². The number of nitrogens with two attached hydrogens (primary N) is 1. The second-order valence-corrected chi connectivity index (χ2v) is 3.99. The van der Waals surface area contributed by atoms with E-state index < -0.39 is 0 Å². The lowest BCUT2D eigenvalue weighted by Crippen LogP contribution is -2.17. The predicted octanol–water partition coefficient (Wildman–Crippen LogP) is 2.60. The average Bonchev–Trinajstić information content (AvgIpc) is 2.18. The van der Waals surface area contributed by atoms with Crippen LogP contribution in [0.2, 0.25) is 10.0 Å². The summed E-state index contributed by atoms with van der Waals surface area (Å²) in [5, 5.41) is 4.18. The van der Waals surface area contributed by atoms with Crippen molar-refractivity contribution in [1.82, 2.24) is 5.32 Å². The zero-order valence-corrected chi connectivity index (χ0v) is 9.57. The molecule has 0 saturated heterocycles. The SMILES string of the molecule is CNCCC(N)c1ccc(Cl)c(Cl)c1. The first-order chi connectivity index (χ1) is 6.65. The fraction of sp³-hybridized carbons (Fsp3) is 0.400. The van der Waals surface area contributed by atoms with Gasteiger partial charge in [-0.1, -0.05) is 29.3 Å². The third kappa shape index (κ3) is 3.14. The number of halogens is 2. The molecule has 0 heterocycles. The average molecular weight is 233 g/mol. The van der Waals surface area contributed by atoms with Crippen molar-refractivity contribution in [2.45, 2.75) is 12.5 Å². The van der Waals surface area contributed by atoms with Gasteiger partial charge in [0, 0.05) is 6.04 Å². The minimum Gasteiger partial charge on any atom is -0.324 e. The summed E-state index contributed by atoms with van der Waals surface area (Å²) in [6, 6.07) is 5.52. The minimum absolute atomic E-state index is 0.0113. The molecule has 4 heteroatoms. The molecule has 0 aliphatic rings. The maximum Gasteiger partial charge on any atom is 0.0595 e. The Hall–Kier alpha value is -0.280. The molecule has 0 spiro atoms. The van der Waals surface area contributed by atoms with Gasteiger partial charge in [0.1, 0.15) is 0 Å². The molecule has 0 aliphatic carbocycles. The molecular weight excluding hydrogens is 219 g/mol. The van der Waals surface area contributed by atoms with E-state index in [0.717, 1.165) is 18.5 Å². The molecule has 1 rings (SSSR count). The topological polar surface area (TPSA) is 38.0 Å². The summed E-state index contributed by atoms with van der Waals surface area (Å²) < 4.78 is 0. The fourth-order valence-corrected chi connectivity index (χ4v) is 1.52. The van der Waals surface area contributed by atoms with Gasteiger partial charge >= 0.3 is 0 Å². The Balaban J connectivity index is 2.70. The van der Waals surface area contributed by atoms with Crippen molar-refractivity contribution in [2.24, 2.45) is 5.73 Å². The molecule has 0 bridgehead atoms. The van der Waals surface area contributed by atoms with E-state index in [4.69, 9.17) is 28.9 Å². The third-order valence-corrected chi connectivity index (χ3v) is 2.82. The van der Waals surface area contributed by atoms with E-state index in [1.54, 1.807) is 6.07 Å². The molecule has 0 radical (unpaired) electrons. The van der Waals surface area contributed by atoms with Crippen LogP contribution < -0.4 is 11.1 Å². The summed E-state index contributed by atoms with van der Waals surface area (Å²) in [6.45, 7) is 0.890. The maximum atomic E-state index is 5.96. The number of rotatable bonds is 4. The Morgan fingerprint density at radius 3 is 2.64 bits per heavy atom. The number of benzene rings is 1. The summed E-state index contributed by atoms with van der Waals surface area (Å²) in [5.74, 6) is 0. The van der Waals surface area contributed by atoms with Crippen molar-refractivity contribution in [1.29, 1.82) is 0 Å². The van der Waals surface area contributed by atoms with Crippen LogP contribution >= 0.6 is 23.2 Å². The molecule has 1 aromatic carbocycles. The summed E-state index contributed by atoms with van der Waals surface area (Å²) in [5.41, 5.74) is 6.98. The van der Waals surface area contributed by atoms with Crippen molar-refractivity contribution in [2.75, 3.05) is 13.6 Å². The van der Waals surface area contributed by atoms with Crippen molar-refractivity contribution < 1.29 is 0 Å². The standard InChI is InChI=1S/C10H14Cl2N2/c1-14-5-4-10(13)7-2-3-8(11)9(12)6-7/h2-3,6,10,14H,4-5,13H2,1H3. The molecule has 0 saturated carbocycles. The summed E-state index contributed by atoms with van der Waals surface area (Å²) in [4.78, 5) is 0. The summed E-state index contributed by atoms with van der Waals surface area (Å²) in [7, 11) is 1.90. The van der Waals surface area contributed by atoms with Crippen molar-refractivity contribution in [3.05, 3.63) is 33.8 Å². The second kappa shape index (κ2) is 5.56. The van der Waals surface area contributed by atoms with Gasteiger partial charge in [0.15, 0.2) is 0 Å². The van der Waals surface area contributed by atoms with Gasteiger partial charge in [0.05, 0.1) is 10.0 Å². The van der Waals surface area contributed by atoms with Crippen LogP contribution in [-0.4, -0.2) is 13.6 Å². The molecule has 0 fully saturated rings. The zero-order chi connectivity index (χ0) is 10.6. The van der Waals surface area contributed by atoms with E-state index >= 15 is 0 Å². The van der Waals surface area contributed by atoms with Crippen molar-refractivity contribution in [3.8, 4) is 0 Å². The number of nitrogens with one attached hydrogen (secondary N) is 1. The van der Waals surface area contributed by atoms with Gasteiger partial charge in [-0.2, -0.15) is 0 Å². The van der Waals surface area contributed by atoms with Gasteiger partial charge in [-0.15, -0.1) is 0 Å². The van der Waals surface area contributed by atoms with Gasteiger partial charge < -0.3 is 11.1 Å². The van der Waals surface area contributed by atoms with Crippen LogP contribution in [0.25, 0.3) is 0 Å². The molecule has 0 amide bonds. The second-order valence-electron chi connectivity index (χ2n) is 3.17. The van der Waals surface area contributed by atoms with Crippen molar-refractivity contribution >= 4 is 23.2 Å². The molecule has 1 aromatic rings. The Bertz CT molecular complexity index is 302. The lowest BCUT2D eigenvalue weighted by atomic mass is 10.1. The zero-order valence-electron chi connectivity index (χ0n) is 8.06. The van der Waals surface area contributed by atoms with E-state index in [2.05, 4.69) is 5.32 Å². The summed E-state index contributed by atoms with van der Waals surface area (Å²) >= 11 is 11.7. The first-order valence-electron chi connectivity index (χ1n) is 4.50. The molecule has 14 heavy (non-hydrogen) atoms. The Kier molecular flexibility index (Phi) is 4.69. The van der Waals surface area contributed by atoms with Gasteiger partial charge in [-0.25, -0.2) is 0 Å². The first kappa shape index (κ1) is 11.8. The molecule has 78 valence electrons. The maximum absolute atomic E-state index is 5.96. The summed E-state index contributed by atoms with van der Waals surface area (Å²) in [6.07, 6.45) is 0.883. The minimum atomic E-state index is 0.0113. The van der Waals surface area contributed by atoms with E-state index in [1.807, 2.05) is 19.2 Å². The fourth-order valence-electron chi connectivity index (χ4n) is 1.21. The largest absolute Gasteiger partial charge is 0.324 e.